The van der Waals surface area contributed by atoms with E-state index in [9.17, 15) is 12.8 Å². The Bertz CT molecular complexity index is 529. The molecule has 19 heavy (non-hydrogen) atoms. The molecule has 0 aliphatic heterocycles. The Labute approximate surface area is 114 Å². The minimum absolute atomic E-state index is 0.0302. The molecule has 1 aromatic rings. The molecule has 3 N–H and O–H groups in total. The quantitative estimate of drug-likeness (QED) is 0.839. The van der Waals surface area contributed by atoms with Crippen LogP contribution in [0.3, 0.4) is 0 Å². The van der Waals surface area contributed by atoms with Gasteiger partial charge < -0.3 is 5.73 Å². The van der Waals surface area contributed by atoms with Gasteiger partial charge in [-0.1, -0.05) is 20.8 Å². The second kappa shape index (κ2) is 6.45. The number of rotatable bonds is 6. The van der Waals surface area contributed by atoms with E-state index in [0.717, 1.165) is 6.07 Å². The molecule has 6 heteroatoms. The Morgan fingerprint density at radius 2 is 1.95 bits per heavy atom. The van der Waals surface area contributed by atoms with Crippen molar-refractivity contribution in [3.63, 3.8) is 0 Å². The van der Waals surface area contributed by atoms with Gasteiger partial charge in [0.1, 0.15) is 5.82 Å². The zero-order valence-electron chi connectivity index (χ0n) is 11.5. The smallest absolute Gasteiger partial charge is 0.240 e. The Morgan fingerprint density at radius 3 is 2.47 bits per heavy atom. The molecule has 0 aliphatic carbocycles. The molecule has 0 saturated heterocycles. The average molecular weight is 288 g/mol. The van der Waals surface area contributed by atoms with Gasteiger partial charge in [-0.2, -0.15) is 0 Å². The van der Waals surface area contributed by atoms with Crippen LogP contribution in [-0.4, -0.2) is 15.0 Å². The van der Waals surface area contributed by atoms with E-state index in [4.69, 9.17) is 5.73 Å². The van der Waals surface area contributed by atoms with Crippen LogP contribution in [0.1, 0.15) is 26.3 Å². The first-order valence-electron chi connectivity index (χ1n) is 6.26. The highest BCUT2D eigenvalue weighted by Gasteiger charge is 2.17. The first kappa shape index (κ1) is 16.1. The summed E-state index contributed by atoms with van der Waals surface area (Å²) in [5.74, 6) is 0.122. The molecule has 0 heterocycles. The van der Waals surface area contributed by atoms with Crippen LogP contribution in [0.2, 0.25) is 0 Å². The number of benzene rings is 1. The maximum absolute atomic E-state index is 13.3. The van der Waals surface area contributed by atoms with Crippen LogP contribution in [-0.2, 0) is 16.6 Å². The van der Waals surface area contributed by atoms with Crippen molar-refractivity contribution in [2.45, 2.75) is 32.2 Å². The summed E-state index contributed by atoms with van der Waals surface area (Å²) in [6, 6.07) is 3.65. The molecule has 0 amide bonds. The molecule has 108 valence electrons. The van der Waals surface area contributed by atoms with Gasteiger partial charge in [0.15, 0.2) is 0 Å². The topological polar surface area (TPSA) is 72.2 Å². The summed E-state index contributed by atoms with van der Waals surface area (Å²) < 4.78 is 39.9. The van der Waals surface area contributed by atoms with E-state index in [-0.39, 0.29) is 22.9 Å². The van der Waals surface area contributed by atoms with Gasteiger partial charge in [-0.15, -0.1) is 0 Å². The molecule has 0 saturated carbocycles. The van der Waals surface area contributed by atoms with Crippen molar-refractivity contribution in [3.05, 3.63) is 29.6 Å². The molecule has 1 aromatic carbocycles. The fraction of sp³-hybridized carbons (Fsp3) is 0.538. The van der Waals surface area contributed by atoms with Gasteiger partial charge in [-0.05, 0) is 30.0 Å². The Hall–Kier alpha value is -0.980. The number of hydrogen-bond acceptors (Lipinski definition) is 3. The fourth-order valence-corrected chi connectivity index (χ4v) is 2.63. The highest BCUT2D eigenvalue weighted by molar-refractivity contribution is 7.89. The molecular weight excluding hydrogens is 267 g/mol. The third-order valence-corrected chi connectivity index (χ3v) is 4.70. The summed E-state index contributed by atoms with van der Waals surface area (Å²) in [5.41, 5.74) is 5.56. The number of nitrogens with two attached hydrogens (primary N) is 1. The van der Waals surface area contributed by atoms with Crippen LogP contribution >= 0.6 is 0 Å². The molecule has 0 radical (unpaired) electrons. The summed E-state index contributed by atoms with van der Waals surface area (Å²) in [6.07, 6.45) is 0. The van der Waals surface area contributed by atoms with Crippen molar-refractivity contribution in [1.29, 1.82) is 0 Å². The van der Waals surface area contributed by atoms with Crippen molar-refractivity contribution in [2.24, 2.45) is 17.6 Å². The van der Waals surface area contributed by atoms with Crippen LogP contribution in [0.25, 0.3) is 0 Å². The van der Waals surface area contributed by atoms with Gasteiger partial charge in [0.2, 0.25) is 10.0 Å². The summed E-state index contributed by atoms with van der Waals surface area (Å²) in [5, 5.41) is 0. The number of hydrogen-bond donors (Lipinski definition) is 2. The first-order valence-corrected chi connectivity index (χ1v) is 7.74. The maximum Gasteiger partial charge on any atom is 0.240 e. The minimum Gasteiger partial charge on any atom is -0.326 e. The highest BCUT2D eigenvalue weighted by Crippen LogP contribution is 2.16. The van der Waals surface area contributed by atoms with Gasteiger partial charge in [0.05, 0.1) is 4.90 Å². The van der Waals surface area contributed by atoms with E-state index < -0.39 is 15.8 Å². The lowest BCUT2D eigenvalue weighted by atomic mass is 9.99. The SMILES string of the molecule is CC(C)C(C)CNS(=O)(=O)c1ccc(F)c(CN)c1. The van der Waals surface area contributed by atoms with E-state index in [2.05, 4.69) is 4.72 Å². The van der Waals surface area contributed by atoms with Crippen molar-refractivity contribution in [1.82, 2.24) is 4.72 Å². The second-order valence-electron chi connectivity index (χ2n) is 5.03. The van der Waals surface area contributed by atoms with E-state index in [1.807, 2.05) is 20.8 Å². The number of halogens is 1. The molecule has 0 fully saturated rings. The molecule has 4 nitrogen and oxygen atoms in total. The second-order valence-corrected chi connectivity index (χ2v) is 6.80. The van der Waals surface area contributed by atoms with E-state index in [0.29, 0.717) is 12.5 Å². The van der Waals surface area contributed by atoms with Crippen molar-refractivity contribution in [3.8, 4) is 0 Å². The summed E-state index contributed by atoms with van der Waals surface area (Å²) >= 11 is 0. The Kier molecular flexibility index (Phi) is 5.46. The highest BCUT2D eigenvalue weighted by atomic mass is 32.2. The van der Waals surface area contributed by atoms with Crippen LogP contribution in [0, 0.1) is 17.7 Å². The first-order chi connectivity index (χ1) is 8.77. The Balaban J connectivity index is 2.89. The number of sulfonamides is 1. The fourth-order valence-electron chi connectivity index (χ4n) is 1.43. The zero-order valence-corrected chi connectivity index (χ0v) is 12.3. The molecule has 1 atom stereocenters. The summed E-state index contributed by atoms with van der Waals surface area (Å²) in [4.78, 5) is 0.0466. The monoisotopic (exact) mass is 288 g/mol. The van der Waals surface area contributed by atoms with E-state index in [1.54, 1.807) is 0 Å². The van der Waals surface area contributed by atoms with Crippen LogP contribution in [0.5, 0.6) is 0 Å². The van der Waals surface area contributed by atoms with Gasteiger partial charge >= 0.3 is 0 Å². The zero-order chi connectivity index (χ0) is 14.6. The lowest BCUT2D eigenvalue weighted by Crippen LogP contribution is -2.30. The lowest BCUT2D eigenvalue weighted by molar-refractivity contribution is 0.414. The normalized spacial score (nSPS) is 13.8. The van der Waals surface area contributed by atoms with Gasteiger partial charge in [0.25, 0.3) is 0 Å². The summed E-state index contributed by atoms with van der Waals surface area (Å²) in [6.45, 7) is 6.36. The predicted molar refractivity (Wildman–Crippen MR) is 73.5 cm³/mol. The average Bonchev–Trinajstić information content (AvgIpc) is 2.36. The largest absolute Gasteiger partial charge is 0.326 e. The Morgan fingerprint density at radius 1 is 1.32 bits per heavy atom. The molecule has 0 aliphatic rings. The lowest BCUT2D eigenvalue weighted by Gasteiger charge is -2.16. The van der Waals surface area contributed by atoms with Crippen LogP contribution in [0.15, 0.2) is 23.1 Å². The molecular formula is C13H21FN2O2S. The van der Waals surface area contributed by atoms with Crippen molar-refractivity contribution >= 4 is 10.0 Å². The van der Waals surface area contributed by atoms with Crippen molar-refractivity contribution < 1.29 is 12.8 Å². The predicted octanol–water partition coefficient (Wildman–Crippen LogP) is 1.85. The van der Waals surface area contributed by atoms with Crippen molar-refractivity contribution in [2.75, 3.05) is 6.54 Å². The van der Waals surface area contributed by atoms with Gasteiger partial charge in [0, 0.05) is 18.7 Å². The third kappa shape index (κ3) is 4.26. The van der Waals surface area contributed by atoms with E-state index >= 15 is 0 Å². The van der Waals surface area contributed by atoms with Gasteiger partial charge in [-0.25, -0.2) is 17.5 Å². The third-order valence-electron chi connectivity index (χ3n) is 3.28. The molecule has 0 spiro atoms. The minimum atomic E-state index is -3.61. The molecule has 1 rings (SSSR count). The summed E-state index contributed by atoms with van der Waals surface area (Å²) in [7, 11) is -3.61. The molecule has 0 bridgehead atoms. The maximum atomic E-state index is 13.3. The molecule has 0 aromatic heterocycles. The standard InChI is InChI=1S/C13H21FN2O2S/c1-9(2)10(3)8-16-19(17,18)12-4-5-13(14)11(6-12)7-15/h4-6,9-10,16H,7-8,15H2,1-3H3. The van der Waals surface area contributed by atoms with E-state index in [1.165, 1.54) is 12.1 Å². The number of nitrogens with one attached hydrogen (secondary N) is 1. The van der Waals surface area contributed by atoms with Crippen LogP contribution < -0.4 is 10.5 Å². The van der Waals surface area contributed by atoms with Gasteiger partial charge in [-0.3, -0.25) is 0 Å². The molecule has 1 unspecified atom stereocenters. The van der Waals surface area contributed by atoms with Crippen LogP contribution in [0.4, 0.5) is 4.39 Å².